The first-order chi connectivity index (χ1) is 5.96. The fourth-order valence-corrected chi connectivity index (χ4v) is 1.22. The van der Waals surface area contributed by atoms with Crippen LogP contribution in [-0.2, 0) is 14.3 Å². The van der Waals surface area contributed by atoms with Crippen molar-refractivity contribution in [2.45, 2.75) is 20.0 Å². The second kappa shape index (κ2) is 3.47. The molecule has 74 valence electrons. The normalized spacial score (nSPS) is 23.1. The number of hydrogen-bond acceptors (Lipinski definition) is 3. The molecule has 1 saturated heterocycles. The first kappa shape index (κ1) is 10.2. The van der Waals surface area contributed by atoms with Gasteiger partial charge >= 0.3 is 5.97 Å². The van der Waals surface area contributed by atoms with Gasteiger partial charge < -0.3 is 14.6 Å². The zero-order chi connectivity index (χ0) is 10.1. The number of aliphatic carboxylic acids is 1. The predicted molar refractivity (Wildman–Crippen MR) is 46.2 cm³/mol. The van der Waals surface area contributed by atoms with E-state index in [0.29, 0.717) is 6.61 Å². The summed E-state index contributed by atoms with van der Waals surface area (Å²) < 4.78 is 10.3. The maximum absolute atomic E-state index is 10.7. The Morgan fingerprint density at radius 1 is 1.62 bits per heavy atom. The first-order valence-electron chi connectivity index (χ1n) is 4.08. The van der Waals surface area contributed by atoms with Gasteiger partial charge in [-0.05, 0) is 0 Å². The lowest BCUT2D eigenvalue weighted by atomic mass is 9.80. The molecule has 1 aliphatic rings. The van der Waals surface area contributed by atoms with Gasteiger partial charge in [-0.25, -0.2) is 4.79 Å². The number of rotatable bonds is 3. The Balaban J connectivity index is 2.73. The molecular formula is C9H14O4. The van der Waals surface area contributed by atoms with E-state index in [0.717, 1.165) is 0 Å². The van der Waals surface area contributed by atoms with E-state index < -0.39 is 11.4 Å². The van der Waals surface area contributed by atoms with Crippen molar-refractivity contribution in [1.82, 2.24) is 0 Å². The van der Waals surface area contributed by atoms with Crippen molar-refractivity contribution in [2.75, 3.05) is 13.4 Å². The SMILES string of the molecule is C=C(C(=O)O)C(C)(C)C1COCO1. The molecule has 0 saturated carbocycles. The van der Waals surface area contributed by atoms with Crippen molar-refractivity contribution in [3.8, 4) is 0 Å². The molecule has 0 aromatic carbocycles. The summed E-state index contributed by atoms with van der Waals surface area (Å²) in [7, 11) is 0. The van der Waals surface area contributed by atoms with Crippen molar-refractivity contribution in [3.05, 3.63) is 12.2 Å². The van der Waals surface area contributed by atoms with Crippen molar-refractivity contribution in [1.29, 1.82) is 0 Å². The molecule has 4 heteroatoms. The summed E-state index contributed by atoms with van der Waals surface area (Å²) in [5, 5.41) is 8.78. The van der Waals surface area contributed by atoms with E-state index in [-0.39, 0.29) is 18.5 Å². The minimum atomic E-state index is -0.986. The number of hydrogen-bond donors (Lipinski definition) is 1. The Hall–Kier alpha value is -0.870. The topological polar surface area (TPSA) is 55.8 Å². The lowest BCUT2D eigenvalue weighted by Crippen LogP contribution is -2.35. The molecule has 4 nitrogen and oxygen atoms in total. The smallest absolute Gasteiger partial charge is 0.331 e. The molecule has 1 rings (SSSR count). The van der Waals surface area contributed by atoms with E-state index in [1.807, 2.05) is 0 Å². The van der Waals surface area contributed by atoms with Crippen LogP contribution in [-0.4, -0.2) is 30.6 Å². The van der Waals surface area contributed by atoms with Crippen LogP contribution in [0.4, 0.5) is 0 Å². The highest BCUT2D eigenvalue weighted by Crippen LogP contribution is 2.33. The summed E-state index contributed by atoms with van der Waals surface area (Å²) in [6.07, 6.45) is -0.212. The number of carboxylic acids is 1. The Morgan fingerprint density at radius 2 is 2.23 bits per heavy atom. The van der Waals surface area contributed by atoms with Crippen LogP contribution in [0, 0.1) is 5.41 Å². The average Bonchev–Trinajstić information content (AvgIpc) is 2.54. The number of carboxylic acid groups (broad SMARTS) is 1. The van der Waals surface area contributed by atoms with Gasteiger partial charge in [-0.3, -0.25) is 0 Å². The van der Waals surface area contributed by atoms with Gasteiger partial charge in [0.15, 0.2) is 0 Å². The van der Waals surface area contributed by atoms with E-state index in [1.54, 1.807) is 13.8 Å². The lowest BCUT2D eigenvalue weighted by molar-refractivity contribution is -0.134. The van der Waals surface area contributed by atoms with Crippen LogP contribution in [0.2, 0.25) is 0 Å². The zero-order valence-electron chi connectivity index (χ0n) is 7.87. The van der Waals surface area contributed by atoms with Crippen molar-refractivity contribution in [2.24, 2.45) is 5.41 Å². The minimum Gasteiger partial charge on any atom is -0.478 e. The summed E-state index contributed by atoms with van der Waals surface area (Å²) in [4.78, 5) is 10.7. The maximum atomic E-state index is 10.7. The Kier molecular flexibility index (Phi) is 2.73. The Labute approximate surface area is 77.1 Å². The third kappa shape index (κ3) is 1.89. The first-order valence-corrected chi connectivity index (χ1v) is 4.08. The molecule has 1 atom stereocenters. The van der Waals surface area contributed by atoms with Gasteiger partial charge in [0.2, 0.25) is 0 Å². The maximum Gasteiger partial charge on any atom is 0.331 e. The molecule has 1 fully saturated rings. The molecule has 0 aromatic rings. The van der Waals surface area contributed by atoms with Crippen molar-refractivity contribution in [3.63, 3.8) is 0 Å². The molecule has 0 radical (unpaired) electrons. The monoisotopic (exact) mass is 186 g/mol. The largest absolute Gasteiger partial charge is 0.478 e. The quantitative estimate of drug-likeness (QED) is 0.669. The van der Waals surface area contributed by atoms with Gasteiger partial charge in [-0.2, -0.15) is 0 Å². The molecule has 0 spiro atoms. The minimum absolute atomic E-state index is 0.156. The van der Waals surface area contributed by atoms with Crippen LogP contribution >= 0.6 is 0 Å². The van der Waals surface area contributed by atoms with Crippen LogP contribution in [0.5, 0.6) is 0 Å². The third-order valence-corrected chi connectivity index (χ3v) is 2.46. The highest BCUT2D eigenvalue weighted by molar-refractivity contribution is 5.87. The molecule has 0 amide bonds. The van der Waals surface area contributed by atoms with Crippen LogP contribution in [0.1, 0.15) is 13.8 Å². The van der Waals surface area contributed by atoms with E-state index in [2.05, 4.69) is 6.58 Å². The molecule has 13 heavy (non-hydrogen) atoms. The molecule has 0 aliphatic carbocycles. The lowest BCUT2D eigenvalue weighted by Gasteiger charge is -2.29. The van der Waals surface area contributed by atoms with Gasteiger partial charge in [0.05, 0.1) is 12.7 Å². The standard InChI is InChI=1S/C9H14O4/c1-6(8(10)11)9(2,3)7-4-12-5-13-7/h7H,1,4-5H2,2-3H3,(H,10,11). The van der Waals surface area contributed by atoms with Gasteiger partial charge in [0.25, 0.3) is 0 Å². The van der Waals surface area contributed by atoms with Gasteiger partial charge in [0.1, 0.15) is 6.79 Å². The highest BCUT2D eigenvalue weighted by atomic mass is 16.7. The van der Waals surface area contributed by atoms with Crippen molar-refractivity contribution >= 4 is 5.97 Å². The third-order valence-electron chi connectivity index (χ3n) is 2.46. The molecule has 1 aliphatic heterocycles. The number of ether oxygens (including phenoxy) is 2. The van der Waals surface area contributed by atoms with Crippen molar-refractivity contribution < 1.29 is 19.4 Å². The van der Waals surface area contributed by atoms with Crippen LogP contribution in [0.3, 0.4) is 0 Å². The molecule has 0 aromatic heterocycles. The van der Waals surface area contributed by atoms with Crippen LogP contribution in [0.15, 0.2) is 12.2 Å². The van der Waals surface area contributed by atoms with Crippen LogP contribution < -0.4 is 0 Å². The zero-order valence-corrected chi connectivity index (χ0v) is 7.87. The van der Waals surface area contributed by atoms with Crippen LogP contribution in [0.25, 0.3) is 0 Å². The Morgan fingerprint density at radius 3 is 2.62 bits per heavy atom. The van der Waals surface area contributed by atoms with E-state index in [4.69, 9.17) is 14.6 Å². The highest BCUT2D eigenvalue weighted by Gasteiger charge is 2.38. The summed E-state index contributed by atoms with van der Waals surface area (Å²) in [5.41, 5.74) is -0.425. The fraction of sp³-hybridized carbons (Fsp3) is 0.667. The van der Waals surface area contributed by atoms with Gasteiger partial charge in [0, 0.05) is 11.0 Å². The second-order valence-corrected chi connectivity index (χ2v) is 3.65. The van der Waals surface area contributed by atoms with Gasteiger partial charge in [-0.15, -0.1) is 0 Å². The fourth-order valence-electron chi connectivity index (χ4n) is 1.22. The van der Waals surface area contributed by atoms with E-state index >= 15 is 0 Å². The molecule has 1 unspecified atom stereocenters. The molecule has 0 bridgehead atoms. The summed E-state index contributed by atoms with van der Waals surface area (Å²) in [6, 6.07) is 0. The summed E-state index contributed by atoms with van der Waals surface area (Å²) in [5.74, 6) is -0.986. The second-order valence-electron chi connectivity index (χ2n) is 3.65. The molecule has 1 N–H and O–H groups in total. The van der Waals surface area contributed by atoms with E-state index in [1.165, 1.54) is 0 Å². The average molecular weight is 186 g/mol. The summed E-state index contributed by atoms with van der Waals surface area (Å²) in [6.45, 7) is 7.79. The molecule has 1 heterocycles. The number of carbonyl (C=O) groups is 1. The summed E-state index contributed by atoms with van der Waals surface area (Å²) >= 11 is 0. The molecular weight excluding hydrogens is 172 g/mol. The van der Waals surface area contributed by atoms with E-state index in [9.17, 15) is 4.79 Å². The predicted octanol–water partition coefficient (Wildman–Crippen LogP) is 1.03. The Bertz CT molecular complexity index is 226. The van der Waals surface area contributed by atoms with Gasteiger partial charge in [-0.1, -0.05) is 20.4 Å².